The van der Waals surface area contributed by atoms with Crippen LogP contribution in [0.2, 0.25) is 0 Å². The summed E-state index contributed by atoms with van der Waals surface area (Å²) in [7, 11) is 0. The number of phenolic OH excluding ortho intramolecular Hbond substituents is 1. The summed E-state index contributed by atoms with van der Waals surface area (Å²) in [5.74, 6) is 0.313. The van der Waals surface area contributed by atoms with Gasteiger partial charge in [0.2, 0.25) is 0 Å². The van der Waals surface area contributed by atoms with E-state index in [1.807, 2.05) is 35.7 Å². The van der Waals surface area contributed by atoms with Crippen LogP contribution < -0.4 is 0 Å². The summed E-state index contributed by atoms with van der Waals surface area (Å²) in [6.45, 7) is 0. The summed E-state index contributed by atoms with van der Waals surface area (Å²) in [5.41, 5.74) is 0.842. The SMILES string of the molecule is Oc1ccccc1C=CCc1nccs1. The van der Waals surface area contributed by atoms with E-state index >= 15 is 0 Å². The fraction of sp³-hybridized carbons (Fsp3) is 0.0833. The lowest BCUT2D eigenvalue weighted by molar-refractivity contribution is 0.474. The van der Waals surface area contributed by atoms with Gasteiger partial charge < -0.3 is 5.11 Å². The van der Waals surface area contributed by atoms with Gasteiger partial charge in [-0.15, -0.1) is 11.3 Å². The third-order valence-electron chi connectivity index (χ3n) is 2.01. The van der Waals surface area contributed by atoms with Crippen LogP contribution in [0.25, 0.3) is 6.08 Å². The Morgan fingerprint density at radius 2 is 2.20 bits per heavy atom. The molecule has 0 radical (unpaired) electrons. The number of allylic oxidation sites excluding steroid dienone is 1. The number of benzene rings is 1. The van der Waals surface area contributed by atoms with Crippen molar-refractivity contribution in [1.82, 2.24) is 4.98 Å². The number of rotatable bonds is 3. The van der Waals surface area contributed by atoms with E-state index in [0.29, 0.717) is 5.75 Å². The minimum absolute atomic E-state index is 0.313. The predicted octanol–water partition coefficient (Wildman–Crippen LogP) is 3.10. The lowest BCUT2D eigenvalue weighted by atomic mass is 10.2. The minimum atomic E-state index is 0.313. The van der Waals surface area contributed by atoms with Crippen LogP contribution in [-0.4, -0.2) is 10.1 Å². The Bertz CT molecular complexity index is 448. The molecule has 1 aromatic heterocycles. The fourth-order valence-electron chi connectivity index (χ4n) is 1.27. The average Bonchev–Trinajstić information content (AvgIpc) is 2.74. The molecule has 0 saturated heterocycles. The van der Waals surface area contributed by atoms with Gasteiger partial charge in [-0.1, -0.05) is 30.4 Å². The summed E-state index contributed by atoms with van der Waals surface area (Å²) in [6.07, 6.45) is 6.53. The molecule has 0 atom stereocenters. The fourth-order valence-corrected chi connectivity index (χ4v) is 1.86. The van der Waals surface area contributed by atoms with Crippen molar-refractivity contribution in [2.75, 3.05) is 0 Å². The number of hydrogen-bond donors (Lipinski definition) is 1. The van der Waals surface area contributed by atoms with Gasteiger partial charge in [0, 0.05) is 23.6 Å². The molecule has 2 rings (SSSR count). The molecule has 2 aromatic rings. The molecule has 76 valence electrons. The van der Waals surface area contributed by atoms with Crippen LogP contribution in [-0.2, 0) is 6.42 Å². The Kier molecular flexibility index (Phi) is 3.15. The lowest BCUT2D eigenvalue weighted by Gasteiger charge is -1.96. The Labute approximate surface area is 92.5 Å². The number of hydrogen-bond acceptors (Lipinski definition) is 3. The topological polar surface area (TPSA) is 33.1 Å². The molecular weight excluding hydrogens is 206 g/mol. The molecule has 1 heterocycles. The van der Waals surface area contributed by atoms with Crippen molar-refractivity contribution in [3.63, 3.8) is 0 Å². The number of para-hydroxylation sites is 1. The first-order valence-electron chi connectivity index (χ1n) is 4.69. The van der Waals surface area contributed by atoms with Gasteiger partial charge in [-0.05, 0) is 6.07 Å². The smallest absolute Gasteiger partial charge is 0.122 e. The summed E-state index contributed by atoms with van der Waals surface area (Å²) in [6, 6.07) is 7.28. The maximum Gasteiger partial charge on any atom is 0.122 e. The van der Waals surface area contributed by atoms with Crippen molar-refractivity contribution < 1.29 is 5.11 Å². The van der Waals surface area contributed by atoms with E-state index in [0.717, 1.165) is 17.0 Å². The second-order valence-corrected chi connectivity index (χ2v) is 4.07. The molecule has 0 aliphatic heterocycles. The molecule has 0 spiro atoms. The van der Waals surface area contributed by atoms with Crippen molar-refractivity contribution in [2.45, 2.75) is 6.42 Å². The molecule has 15 heavy (non-hydrogen) atoms. The van der Waals surface area contributed by atoms with Gasteiger partial charge >= 0.3 is 0 Å². The number of nitrogens with zero attached hydrogens (tertiary/aromatic N) is 1. The highest BCUT2D eigenvalue weighted by molar-refractivity contribution is 7.09. The molecule has 0 aliphatic carbocycles. The summed E-state index contributed by atoms with van der Waals surface area (Å²) < 4.78 is 0. The summed E-state index contributed by atoms with van der Waals surface area (Å²) in [4.78, 5) is 4.17. The van der Waals surface area contributed by atoms with Gasteiger partial charge in [-0.3, -0.25) is 0 Å². The van der Waals surface area contributed by atoms with Crippen molar-refractivity contribution in [2.24, 2.45) is 0 Å². The number of aromatic hydroxyl groups is 1. The van der Waals surface area contributed by atoms with Crippen LogP contribution in [0.3, 0.4) is 0 Å². The van der Waals surface area contributed by atoms with Crippen molar-refractivity contribution in [1.29, 1.82) is 0 Å². The Morgan fingerprint density at radius 1 is 1.33 bits per heavy atom. The zero-order valence-corrected chi connectivity index (χ0v) is 8.95. The normalized spacial score (nSPS) is 10.9. The zero-order valence-electron chi connectivity index (χ0n) is 8.13. The molecule has 0 fully saturated rings. The highest BCUT2D eigenvalue weighted by Gasteiger charge is 1.94. The number of thiazole rings is 1. The Hall–Kier alpha value is -1.61. The largest absolute Gasteiger partial charge is 0.507 e. The van der Waals surface area contributed by atoms with E-state index in [1.165, 1.54) is 0 Å². The molecule has 2 nitrogen and oxygen atoms in total. The van der Waals surface area contributed by atoms with Crippen LogP contribution in [0.15, 0.2) is 41.9 Å². The number of aromatic nitrogens is 1. The van der Waals surface area contributed by atoms with Gasteiger partial charge in [0.25, 0.3) is 0 Å². The summed E-state index contributed by atoms with van der Waals surface area (Å²) >= 11 is 1.64. The van der Waals surface area contributed by atoms with Gasteiger partial charge in [-0.25, -0.2) is 4.98 Å². The van der Waals surface area contributed by atoms with Gasteiger partial charge in [0.1, 0.15) is 5.75 Å². The van der Waals surface area contributed by atoms with Crippen molar-refractivity contribution >= 4 is 17.4 Å². The highest BCUT2D eigenvalue weighted by Crippen LogP contribution is 2.17. The molecule has 0 saturated carbocycles. The van der Waals surface area contributed by atoms with Crippen LogP contribution in [0.5, 0.6) is 5.75 Å². The van der Waals surface area contributed by atoms with E-state index in [1.54, 1.807) is 23.6 Å². The molecular formula is C12H11NOS. The van der Waals surface area contributed by atoms with Gasteiger partial charge in [0.15, 0.2) is 0 Å². The first-order valence-corrected chi connectivity index (χ1v) is 5.57. The Morgan fingerprint density at radius 3 is 2.93 bits per heavy atom. The maximum absolute atomic E-state index is 9.50. The van der Waals surface area contributed by atoms with Crippen molar-refractivity contribution in [3.05, 3.63) is 52.5 Å². The first kappa shape index (κ1) is 9.93. The predicted molar refractivity (Wildman–Crippen MR) is 63.0 cm³/mol. The third kappa shape index (κ3) is 2.67. The molecule has 0 unspecified atom stereocenters. The maximum atomic E-state index is 9.50. The van der Waals surface area contributed by atoms with Crippen molar-refractivity contribution in [3.8, 4) is 5.75 Å². The number of phenols is 1. The van der Waals surface area contributed by atoms with E-state index < -0.39 is 0 Å². The second kappa shape index (κ2) is 4.75. The van der Waals surface area contributed by atoms with Gasteiger partial charge in [0.05, 0.1) is 5.01 Å². The molecule has 0 bridgehead atoms. The molecule has 0 amide bonds. The standard InChI is InChI=1S/C12H11NOS/c14-11-6-2-1-4-10(11)5-3-7-12-13-8-9-15-12/h1-6,8-9,14H,7H2. The van der Waals surface area contributed by atoms with E-state index in [9.17, 15) is 5.11 Å². The van der Waals surface area contributed by atoms with Crippen LogP contribution in [0, 0.1) is 0 Å². The van der Waals surface area contributed by atoms with Gasteiger partial charge in [-0.2, -0.15) is 0 Å². The molecule has 0 aliphatic rings. The first-order chi connectivity index (χ1) is 7.36. The summed E-state index contributed by atoms with van der Waals surface area (Å²) in [5, 5.41) is 12.5. The molecule has 1 aromatic carbocycles. The van der Waals surface area contributed by atoms with E-state index in [-0.39, 0.29) is 0 Å². The van der Waals surface area contributed by atoms with E-state index in [2.05, 4.69) is 4.98 Å². The zero-order chi connectivity index (χ0) is 10.5. The Balaban J connectivity index is 2.03. The average molecular weight is 217 g/mol. The van der Waals surface area contributed by atoms with Crippen LogP contribution in [0.1, 0.15) is 10.6 Å². The molecule has 3 heteroatoms. The molecule has 1 N–H and O–H groups in total. The highest BCUT2D eigenvalue weighted by atomic mass is 32.1. The quantitative estimate of drug-likeness (QED) is 0.857. The van der Waals surface area contributed by atoms with Crippen LogP contribution in [0.4, 0.5) is 0 Å². The monoisotopic (exact) mass is 217 g/mol. The third-order valence-corrected chi connectivity index (χ3v) is 2.81. The van der Waals surface area contributed by atoms with Crippen LogP contribution >= 0.6 is 11.3 Å². The van der Waals surface area contributed by atoms with E-state index in [4.69, 9.17) is 0 Å². The second-order valence-electron chi connectivity index (χ2n) is 3.09. The minimum Gasteiger partial charge on any atom is -0.507 e. The lowest BCUT2D eigenvalue weighted by Crippen LogP contribution is -1.77.